The third-order valence-corrected chi connectivity index (χ3v) is 4.52. The molecule has 3 aromatic rings. The summed E-state index contributed by atoms with van der Waals surface area (Å²) in [7, 11) is 2.94. The maximum atomic E-state index is 11.9. The molecular weight excluding hydrogens is 358 g/mol. The maximum Gasteiger partial charge on any atom is 0.336 e. The van der Waals surface area contributed by atoms with Gasteiger partial charge in [-0.15, -0.1) is 0 Å². The number of carboxylic acid groups (broad SMARTS) is 1. The smallest absolute Gasteiger partial charge is 0.336 e. The van der Waals surface area contributed by atoms with Gasteiger partial charge >= 0.3 is 5.97 Å². The van der Waals surface area contributed by atoms with Crippen molar-refractivity contribution in [3.05, 3.63) is 35.0 Å². The Morgan fingerprint density at radius 3 is 2.52 bits per heavy atom. The van der Waals surface area contributed by atoms with E-state index < -0.39 is 11.2 Å². The third kappa shape index (κ3) is 2.48. The molecule has 0 fully saturated rings. The summed E-state index contributed by atoms with van der Waals surface area (Å²) in [6, 6.07) is 5.98. The van der Waals surface area contributed by atoms with Crippen LogP contribution in [0.15, 0.2) is 24.3 Å². The van der Waals surface area contributed by atoms with E-state index in [1.807, 2.05) is 0 Å². The lowest BCUT2D eigenvalue weighted by Crippen LogP contribution is -2.99. The molecule has 1 aliphatic rings. The molecule has 0 bridgehead atoms. The Balaban J connectivity index is 2.32. The number of hydrogen-bond donors (Lipinski definition) is 3. The fraction of sp³-hybridized carbons (Fsp3) is 0.167. The zero-order valence-corrected chi connectivity index (χ0v) is 14.4. The lowest BCUT2D eigenvalue weighted by Gasteiger charge is -2.19. The van der Waals surface area contributed by atoms with Crippen LogP contribution in [0, 0.1) is 5.21 Å². The van der Waals surface area contributed by atoms with E-state index in [4.69, 9.17) is 18.9 Å². The number of ether oxygens (including phenoxy) is 4. The highest BCUT2D eigenvalue weighted by atomic mass is 16.8. The van der Waals surface area contributed by atoms with Gasteiger partial charge in [0.1, 0.15) is 11.5 Å². The minimum Gasteiger partial charge on any atom is -0.595 e. The van der Waals surface area contributed by atoms with E-state index in [9.17, 15) is 20.3 Å². The lowest BCUT2D eigenvalue weighted by atomic mass is 9.94. The molecule has 0 aliphatic carbocycles. The molecule has 0 aromatic heterocycles. The zero-order chi connectivity index (χ0) is 19.3. The van der Waals surface area contributed by atoms with Gasteiger partial charge in [0.25, 0.3) is 0 Å². The van der Waals surface area contributed by atoms with Crippen LogP contribution in [-0.2, 0) is 0 Å². The van der Waals surface area contributed by atoms with Crippen molar-refractivity contribution < 1.29 is 39.3 Å². The fourth-order valence-corrected chi connectivity index (χ4v) is 3.38. The highest BCUT2D eigenvalue weighted by Crippen LogP contribution is 2.48. The van der Waals surface area contributed by atoms with Crippen molar-refractivity contribution in [2.75, 3.05) is 21.0 Å². The van der Waals surface area contributed by atoms with Crippen LogP contribution in [0.2, 0.25) is 0 Å². The average molecular weight is 373 g/mol. The van der Waals surface area contributed by atoms with Crippen LogP contribution in [-0.4, -0.2) is 37.3 Å². The number of carboxylic acids is 1. The molecule has 1 heterocycles. The van der Waals surface area contributed by atoms with Crippen LogP contribution < -0.4 is 24.2 Å². The van der Waals surface area contributed by atoms with E-state index in [2.05, 4.69) is 0 Å². The SMILES string of the molecule is COc1cc(OC)c2cc([NH+]([O-])O)c3c(C(=O)O)cc4c(c3c2c1)OCO4. The van der Waals surface area contributed by atoms with Crippen LogP contribution in [0.4, 0.5) is 5.69 Å². The summed E-state index contributed by atoms with van der Waals surface area (Å²) in [4.78, 5) is 11.8. The normalized spacial score (nSPS) is 13.8. The van der Waals surface area contributed by atoms with Gasteiger partial charge in [-0.3, -0.25) is 0 Å². The van der Waals surface area contributed by atoms with E-state index in [1.165, 1.54) is 26.4 Å². The van der Waals surface area contributed by atoms with Gasteiger partial charge in [0.2, 0.25) is 6.79 Å². The lowest BCUT2D eigenvalue weighted by molar-refractivity contribution is -0.990. The molecule has 140 valence electrons. The van der Waals surface area contributed by atoms with E-state index in [-0.39, 0.29) is 29.2 Å². The molecule has 1 unspecified atom stereocenters. The fourth-order valence-electron chi connectivity index (χ4n) is 3.38. The Morgan fingerprint density at radius 1 is 1.11 bits per heavy atom. The second-order valence-corrected chi connectivity index (χ2v) is 5.87. The monoisotopic (exact) mass is 373 g/mol. The van der Waals surface area contributed by atoms with Crippen molar-refractivity contribution in [2.45, 2.75) is 0 Å². The molecule has 0 amide bonds. The summed E-state index contributed by atoms with van der Waals surface area (Å²) < 4.78 is 21.6. The molecule has 9 nitrogen and oxygen atoms in total. The van der Waals surface area contributed by atoms with Gasteiger partial charge in [-0.1, -0.05) is 0 Å². The van der Waals surface area contributed by atoms with Crippen molar-refractivity contribution in [2.24, 2.45) is 0 Å². The highest BCUT2D eigenvalue weighted by Gasteiger charge is 2.29. The van der Waals surface area contributed by atoms with Gasteiger partial charge in [0.05, 0.1) is 25.2 Å². The molecule has 4 rings (SSSR count). The average Bonchev–Trinajstić information content (AvgIpc) is 3.13. The van der Waals surface area contributed by atoms with Gasteiger partial charge in [0.15, 0.2) is 17.2 Å². The molecule has 9 heteroatoms. The number of carbonyl (C=O) groups is 1. The Bertz CT molecular complexity index is 1090. The van der Waals surface area contributed by atoms with E-state index >= 15 is 0 Å². The number of quaternary nitrogens is 1. The standard InChI is InChI=1S/C18H15NO8/c1-24-8-3-10-9(13(4-8)25-2)5-12(19(22)23)15-11(18(20)21)6-14-17(16(10)15)27-7-26-14/h3-6,19,22H,7H2,1-2H3,(H,20,21). The predicted molar refractivity (Wildman–Crippen MR) is 93.4 cm³/mol. The quantitative estimate of drug-likeness (QED) is 0.468. The van der Waals surface area contributed by atoms with E-state index in [0.29, 0.717) is 33.4 Å². The second kappa shape index (κ2) is 6.16. The minimum atomic E-state index is -1.27. The van der Waals surface area contributed by atoms with E-state index in [1.54, 1.807) is 12.1 Å². The molecule has 1 aliphatic heterocycles. The molecule has 0 saturated heterocycles. The third-order valence-electron chi connectivity index (χ3n) is 4.52. The van der Waals surface area contributed by atoms with Gasteiger partial charge in [-0.25, -0.2) is 10.0 Å². The van der Waals surface area contributed by atoms with Crippen LogP contribution in [0.5, 0.6) is 23.0 Å². The molecular formula is C18H15NO8. The summed E-state index contributed by atoms with van der Waals surface area (Å²) in [6.07, 6.45) is 0. The first kappa shape index (κ1) is 17.2. The first-order valence-electron chi connectivity index (χ1n) is 7.88. The van der Waals surface area contributed by atoms with Crippen LogP contribution in [0.1, 0.15) is 10.4 Å². The first-order chi connectivity index (χ1) is 13.0. The number of nitrogens with one attached hydrogen (secondary N) is 1. The van der Waals surface area contributed by atoms with Gasteiger partial charge in [-0.05, 0) is 12.1 Å². The molecule has 0 saturated carbocycles. The van der Waals surface area contributed by atoms with E-state index in [0.717, 1.165) is 0 Å². The molecule has 0 spiro atoms. The Kier molecular flexibility index (Phi) is 3.92. The van der Waals surface area contributed by atoms with Crippen LogP contribution >= 0.6 is 0 Å². The molecule has 0 radical (unpaired) electrons. The summed E-state index contributed by atoms with van der Waals surface area (Å²) in [5, 5.41) is 31.5. The topological polar surface area (TPSA) is 122 Å². The Labute approximate surface area is 152 Å². The van der Waals surface area contributed by atoms with Crippen molar-refractivity contribution in [3.8, 4) is 23.0 Å². The Hall–Kier alpha value is -3.27. The number of methoxy groups -OCH3 is 2. The minimum absolute atomic E-state index is 0.0575. The molecule has 1 atom stereocenters. The number of benzene rings is 3. The second-order valence-electron chi connectivity index (χ2n) is 5.87. The zero-order valence-electron chi connectivity index (χ0n) is 14.4. The highest BCUT2D eigenvalue weighted by molar-refractivity contribution is 6.22. The predicted octanol–water partition coefficient (Wildman–Crippen LogP) is 1.84. The number of rotatable bonds is 4. The largest absolute Gasteiger partial charge is 0.595 e. The Morgan fingerprint density at radius 2 is 1.89 bits per heavy atom. The number of hydrogen-bond acceptors (Lipinski definition) is 7. The number of aromatic carboxylic acids is 1. The van der Waals surface area contributed by atoms with Crippen molar-refractivity contribution in [3.63, 3.8) is 0 Å². The van der Waals surface area contributed by atoms with Gasteiger partial charge in [0, 0.05) is 28.3 Å². The first-order valence-corrected chi connectivity index (χ1v) is 7.88. The maximum absolute atomic E-state index is 11.9. The van der Waals surface area contributed by atoms with Crippen molar-refractivity contribution in [1.29, 1.82) is 0 Å². The summed E-state index contributed by atoms with van der Waals surface area (Å²) >= 11 is 0. The summed E-state index contributed by atoms with van der Waals surface area (Å²) in [5.41, 5.74) is -0.355. The molecule has 3 aromatic carbocycles. The summed E-state index contributed by atoms with van der Waals surface area (Å²) in [6.45, 7) is -0.0899. The van der Waals surface area contributed by atoms with Crippen molar-refractivity contribution >= 4 is 33.2 Å². The molecule has 27 heavy (non-hydrogen) atoms. The summed E-state index contributed by atoms with van der Waals surface area (Å²) in [5.74, 6) is 0.123. The number of fused-ring (bicyclic) bond motifs is 5. The van der Waals surface area contributed by atoms with Crippen LogP contribution in [0.3, 0.4) is 0 Å². The van der Waals surface area contributed by atoms with Gasteiger partial charge in [-0.2, -0.15) is 5.23 Å². The van der Waals surface area contributed by atoms with Crippen LogP contribution in [0.25, 0.3) is 21.5 Å². The van der Waals surface area contributed by atoms with Crippen molar-refractivity contribution in [1.82, 2.24) is 0 Å². The molecule has 3 N–H and O–H groups in total. The van der Waals surface area contributed by atoms with Gasteiger partial charge < -0.3 is 29.3 Å².